The van der Waals surface area contributed by atoms with Gasteiger partial charge in [-0.2, -0.15) is 0 Å². The molecule has 2 saturated heterocycles. The summed E-state index contributed by atoms with van der Waals surface area (Å²) < 4.78 is 16.7. The predicted octanol–water partition coefficient (Wildman–Crippen LogP) is 2.18. The number of rotatable bonds is 5. The molecule has 1 aromatic carbocycles. The van der Waals surface area contributed by atoms with Gasteiger partial charge in [0, 0.05) is 5.69 Å². The van der Waals surface area contributed by atoms with E-state index in [1.807, 2.05) is 50.3 Å². The van der Waals surface area contributed by atoms with Crippen molar-refractivity contribution in [2.45, 2.75) is 25.6 Å². The molecule has 4 rings (SSSR count). The van der Waals surface area contributed by atoms with E-state index in [0.717, 1.165) is 11.4 Å². The average Bonchev–Trinajstić information content (AvgIpc) is 3.28. The maximum absolute atomic E-state index is 13.2. The third kappa shape index (κ3) is 2.51. The van der Waals surface area contributed by atoms with Gasteiger partial charge in [0.05, 0.1) is 32.3 Å². The van der Waals surface area contributed by atoms with Crippen molar-refractivity contribution in [2.24, 2.45) is 17.8 Å². The first-order valence-electron chi connectivity index (χ1n) is 8.94. The van der Waals surface area contributed by atoms with Gasteiger partial charge in [-0.15, -0.1) is 0 Å². The van der Waals surface area contributed by atoms with Crippen LogP contribution in [0.4, 0.5) is 5.69 Å². The first-order valence-corrected chi connectivity index (χ1v) is 8.94. The molecule has 1 spiro atoms. The Bertz CT molecular complexity index is 756. The number of nitrogens with zero attached hydrogens (tertiary/aromatic N) is 1. The summed E-state index contributed by atoms with van der Waals surface area (Å²) in [7, 11) is 1.60. The summed E-state index contributed by atoms with van der Waals surface area (Å²) >= 11 is 0. The van der Waals surface area contributed by atoms with E-state index in [1.54, 1.807) is 12.0 Å². The van der Waals surface area contributed by atoms with Gasteiger partial charge in [0.15, 0.2) is 0 Å². The number of esters is 1. The number of ether oxygens (including phenoxy) is 3. The molecule has 0 aromatic heterocycles. The molecule has 0 aliphatic carbocycles. The Balaban J connectivity index is 1.59. The van der Waals surface area contributed by atoms with Crippen LogP contribution in [0.25, 0.3) is 0 Å². The Morgan fingerprint density at radius 2 is 2.08 bits per heavy atom. The Kier molecular flexibility index (Phi) is 4.03. The summed E-state index contributed by atoms with van der Waals surface area (Å²) in [5.74, 6) is -0.559. The molecule has 26 heavy (non-hydrogen) atoms. The molecule has 1 aromatic rings. The van der Waals surface area contributed by atoms with Crippen LogP contribution in [0, 0.1) is 17.8 Å². The number of methoxy groups -OCH3 is 1. The highest BCUT2D eigenvalue weighted by Gasteiger charge is 2.67. The Morgan fingerprint density at radius 3 is 2.73 bits per heavy atom. The van der Waals surface area contributed by atoms with Crippen molar-refractivity contribution in [1.82, 2.24) is 0 Å². The zero-order valence-electron chi connectivity index (χ0n) is 15.2. The molecule has 0 radical (unpaired) electrons. The Morgan fingerprint density at radius 1 is 1.35 bits per heavy atom. The van der Waals surface area contributed by atoms with Crippen molar-refractivity contribution < 1.29 is 23.8 Å². The third-order valence-corrected chi connectivity index (χ3v) is 5.32. The van der Waals surface area contributed by atoms with E-state index in [2.05, 4.69) is 0 Å². The molecular weight excluding hydrogens is 334 g/mol. The fourth-order valence-electron chi connectivity index (χ4n) is 4.09. The van der Waals surface area contributed by atoms with Crippen LogP contribution in [-0.4, -0.2) is 43.8 Å². The molecule has 2 bridgehead atoms. The first kappa shape index (κ1) is 17.1. The van der Waals surface area contributed by atoms with E-state index in [4.69, 9.17) is 14.2 Å². The predicted molar refractivity (Wildman–Crippen MR) is 94.9 cm³/mol. The summed E-state index contributed by atoms with van der Waals surface area (Å²) in [6.07, 6.45) is 3.46. The highest BCUT2D eigenvalue weighted by Crippen LogP contribution is 2.52. The minimum Gasteiger partial charge on any atom is -0.497 e. The Labute approximate surface area is 152 Å². The molecule has 6 heteroatoms. The van der Waals surface area contributed by atoms with Crippen LogP contribution in [0.3, 0.4) is 0 Å². The van der Waals surface area contributed by atoms with E-state index in [0.29, 0.717) is 13.2 Å². The van der Waals surface area contributed by atoms with Gasteiger partial charge in [-0.3, -0.25) is 9.59 Å². The van der Waals surface area contributed by atoms with Gasteiger partial charge in [-0.1, -0.05) is 26.0 Å². The van der Waals surface area contributed by atoms with Gasteiger partial charge in [0.2, 0.25) is 5.91 Å². The van der Waals surface area contributed by atoms with Crippen LogP contribution in [0.1, 0.15) is 13.8 Å². The van der Waals surface area contributed by atoms with Crippen molar-refractivity contribution in [3.05, 3.63) is 36.4 Å². The van der Waals surface area contributed by atoms with Crippen LogP contribution in [-0.2, 0) is 19.1 Å². The summed E-state index contributed by atoms with van der Waals surface area (Å²) in [6, 6.07) is 7.32. The van der Waals surface area contributed by atoms with E-state index >= 15 is 0 Å². The van der Waals surface area contributed by atoms with Gasteiger partial charge in [0.25, 0.3) is 0 Å². The van der Waals surface area contributed by atoms with Crippen LogP contribution < -0.4 is 9.64 Å². The number of carbonyl (C=O) groups is 2. The summed E-state index contributed by atoms with van der Waals surface area (Å²) in [6.45, 7) is 4.72. The lowest BCUT2D eigenvalue weighted by Gasteiger charge is -2.23. The molecule has 4 atom stereocenters. The zero-order valence-corrected chi connectivity index (χ0v) is 15.2. The minimum absolute atomic E-state index is 0.0893. The second kappa shape index (κ2) is 6.13. The average molecular weight is 357 g/mol. The number of anilines is 1. The van der Waals surface area contributed by atoms with Gasteiger partial charge in [-0.25, -0.2) is 0 Å². The lowest BCUT2D eigenvalue weighted by atomic mass is 9.77. The number of carbonyl (C=O) groups excluding carboxylic acids is 2. The molecule has 1 amide bonds. The minimum atomic E-state index is -0.733. The molecule has 3 aliphatic rings. The van der Waals surface area contributed by atoms with E-state index in [-0.39, 0.29) is 23.9 Å². The number of benzene rings is 1. The van der Waals surface area contributed by atoms with Gasteiger partial charge >= 0.3 is 5.97 Å². The Hall–Kier alpha value is -2.34. The largest absolute Gasteiger partial charge is 0.497 e. The van der Waals surface area contributed by atoms with Gasteiger partial charge in [0.1, 0.15) is 17.3 Å². The number of amides is 1. The maximum atomic E-state index is 13.2. The lowest BCUT2D eigenvalue weighted by Crippen LogP contribution is -2.40. The van der Waals surface area contributed by atoms with Crippen molar-refractivity contribution >= 4 is 17.6 Å². The number of fused-ring (bicyclic) bond motifs is 1. The molecule has 0 N–H and O–H groups in total. The standard InChI is InChI=1S/C20H23NO5/c1-12(2)10-25-19(23)16-15-8-9-20(26-15)11-21(18(22)17(16)20)13-4-6-14(24-3)7-5-13/h4-9,12,15-17H,10-11H2,1-3H3/t15-,16-,17-,20-/m0/s1. The van der Waals surface area contributed by atoms with E-state index < -0.39 is 17.4 Å². The highest BCUT2D eigenvalue weighted by molar-refractivity contribution is 6.02. The second-order valence-corrected chi connectivity index (χ2v) is 7.55. The van der Waals surface area contributed by atoms with Gasteiger partial charge in [-0.05, 0) is 30.2 Å². The monoisotopic (exact) mass is 357 g/mol. The quantitative estimate of drug-likeness (QED) is 0.597. The number of hydrogen-bond donors (Lipinski definition) is 0. The third-order valence-electron chi connectivity index (χ3n) is 5.32. The van der Waals surface area contributed by atoms with Crippen molar-refractivity contribution in [1.29, 1.82) is 0 Å². The van der Waals surface area contributed by atoms with Crippen molar-refractivity contribution in [2.75, 3.05) is 25.2 Å². The fourth-order valence-corrected chi connectivity index (χ4v) is 4.09. The summed E-state index contributed by atoms with van der Waals surface area (Å²) in [5, 5.41) is 0. The molecule has 0 unspecified atom stereocenters. The molecule has 3 aliphatic heterocycles. The highest BCUT2D eigenvalue weighted by atomic mass is 16.6. The van der Waals surface area contributed by atoms with Crippen molar-refractivity contribution in [3.8, 4) is 5.75 Å². The van der Waals surface area contributed by atoms with Crippen LogP contribution in [0.15, 0.2) is 36.4 Å². The topological polar surface area (TPSA) is 65.1 Å². The second-order valence-electron chi connectivity index (χ2n) is 7.55. The summed E-state index contributed by atoms with van der Waals surface area (Å²) in [5.41, 5.74) is 0.0396. The lowest BCUT2D eigenvalue weighted by molar-refractivity contribution is -0.153. The number of hydrogen-bond acceptors (Lipinski definition) is 5. The summed E-state index contributed by atoms with van der Waals surface area (Å²) in [4.78, 5) is 27.5. The van der Waals surface area contributed by atoms with Gasteiger partial charge < -0.3 is 19.1 Å². The first-order chi connectivity index (χ1) is 12.4. The fraction of sp³-hybridized carbons (Fsp3) is 0.500. The molecule has 138 valence electrons. The van der Waals surface area contributed by atoms with Crippen molar-refractivity contribution in [3.63, 3.8) is 0 Å². The molecule has 0 saturated carbocycles. The smallest absolute Gasteiger partial charge is 0.312 e. The molecule has 6 nitrogen and oxygen atoms in total. The van der Waals surface area contributed by atoms with Crippen LogP contribution in [0.5, 0.6) is 5.75 Å². The van der Waals surface area contributed by atoms with Crippen LogP contribution in [0.2, 0.25) is 0 Å². The molecule has 3 heterocycles. The SMILES string of the molecule is COc1ccc(N2C[C@]34C=C[C@H](O3)[C@H](C(=O)OCC(C)C)[C@H]4C2=O)cc1. The normalized spacial score (nSPS) is 31.6. The zero-order chi connectivity index (χ0) is 18.5. The van der Waals surface area contributed by atoms with Crippen LogP contribution >= 0.6 is 0 Å². The van der Waals surface area contributed by atoms with E-state index in [1.165, 1.54) is 0 Å². The molecule has 2 fully saturated rings. The maximum Gasteiger partial charge on any atom is 0.312 e. The molecular formula is C20H23NO5. The van der Waals surface area contributed by atoms with E-state index in [9.17, 15) is 9.59 Å².